The lowest BCUT2D eigenvalue weighted by Gasteiger charge is -2.26. The largest absolute Gasteiger partial charge is 0.487 e. The molecule has 1 aliphatic heterocycles. The molecule has 5 rings (SSSR count). The number of ether oxygens (including phenoxy) is 9. The molecule has 1 amide bonds. The number of carbonyl (C=O) groups excluding carboxylic acids is 2. The van der Waals surface area contributed by atoms with E-state index in [4.69, 9.17) is 54.1 Å². The predicted molar refractivity (Wildman–Crippen MR) is 270 cm³/mol. The van der Waals surface area contributed by atoms with Gasteiger partial charge in [0.1, 0.15) is 32.5 Å². The molecule has 4 aromatic carbocycles. The van der Waals surface area contributed by atoms with Gasteiger partial charge in [-0.2, -0.15) is 0 Å². The van der Waals surface area contributed by atoms with Crippen molar-refractivity contribution in [3.63, 3.8) is 0 Å². The van der Waals surface area contributed by atoms with Crippen LogP contribution in [0.15, 0.2) is 84.9 Å². The van der Waals surface area contributed by atoms with E-state index in [9.17, 15) is 9.59 Å². The highest BCUT2D eigenvalue weighted by Gasteiger charge is 2.23. The third-order valence-corrected chi connectivity index (χ3v) is 10.8. The number of esters is 1. The van der Waals surface area contributed by atoms with Crippen molar-refractivity contribution >= 4 is 23.3 Å². The van der Waals surface area contributed by atoms with Crippen LogP contribution in [0.5, 0.6) is 23.0 Å². The molecule has 1 atom stereocenters. The lowest BCUT2D eigenvalue weighted by Crippen LogP contribution is -2.43. The minimum absolute atomic E-state index is 0.103. The highest BCUT2D eigenvalue weighted by Crippen LogP contribution is 2.32. The fourth-order valence-electron chi connectivity index (χ4n) is 6.88. The summed E-state index contributed by atoms with van der Waals surface area (Å²) in [6, 6.07) is 26.4. The Bertz CT molecular complexity index is 2000. The Hall–Kier alpha value is -5.58. The first-order valence-corrected chi connectivity index (χ1v) is 24.0. The maximum absolute atomic E-state index is 12.4. The summed E-state index contributed by atoms with van der Waals surface area (Å²) >= 11 is 0. The van der Waals surface area contributed by atoms with Gasteiger partial charge in [0.05, 0.1) is 60.0 Å². The van der Waals surface area contributed by atoms with Crippen LogP contribution < -0.4 is 41.0 Å². The summed E-state index contributed by atoms with van der Waals surface area (Å²) in [6.45, 7) is 20.0. The van der Waals surface area contributed by atoms with Crippen LogP contribution >= 0.6 is 0 Å². The number of rotatable bonds is 11. The first-order valence-electron chi connectivity index (χ1n) is 24.0. The van der Waals surface area contributed by atoms with Crippen LogP contribution in [0, 0.1) is 0 Å². The maximum Gasteiger partial charge on any atom is 0.328 e. The lowest BCUT2D eigenvalue weighted by molar-refractivity contribution is -0.145. The summed E-state index contributed by atoms with van der Waals surface area (Å²) in [5.74, 6) is 1.79. The van der Waals surface area contributed by atoms with Crippen molar-refractivity contribution in [2.24, 2.45) is 0 Å². The van der Waals surface area contributed by atoms with Crippen molar-refractivity contribution in [2.75, 3.05) is 104 Å². The Morgan fingerprint density at radius 1 is 0.565 bits per heavy atom. The molecular formula is C54H78N4O11. The first kappa shape index (κ1) is 56.0. The van der Waals surface area contributed by atoms with Crippen molar-refractivity contribution in [3.05, 3.63) is 107 Å². The maximum atomic E-state index is 12.4. The van der Waals surface area contributed by atoms with E-state index in [-0.39, 0.29) is 16.7 Å². The van der Waals surface area contributed by atoms with Crippen LogP contribution in [0.4, 0.5) is 11.4 Å². The molecule has 0 radical (unpaired) electrons. The molecule has 380 valence electrons. The number of carbonyl (C=O) groups is 2. The summed E-state index contributed by atoms with van der Waals surface area (Å²) in [4.78, 5) is 24.6. The van der Waals surface area contributed by atoms with Crippen LogP contribution in [-0.2, 0) is 57.1 Å². The van der Waals surface area contributed by atoms with Crippen molar-refractivity contribution < 1.29 is 52.2 Å². The Morgan fingerprint density at radius 3 is 1.46 bits per heavy atom. The Morgan fingerprint density at radius 2 is 1.01 bits per heavy atom. The third kappa shape index (κ3) is 22.2. The third-order valence-electron chi connectivity index (χ3n) is 10.8. The fraction of sp³-hybridized carbons (Fsp3) is 0.519. The zero-order chi connectivity index (χ0) is 49.9. The van der Waals surface area contributed by atoms with Gasteiger partial charge in [-0.15, -0.1) is 0 Å². The Kier molecular flexibility index (Phi) is 24.4. The monoisotopic (exact) mass is 959 g/mol. The molecule has 0 spiro atoms. The average molecular weight is 959 g/mol. The molecule has 0 saturated heterocycles. The number of unbranched alkanes of at least 4 members (excludes halogenated alkanes) is 1. The summed E-state index contributed by atoms with van der Waals surface area (Å²) < 4.78 is 50.2. The van der Waals surface area contributed by atoms with E-state index in [0.717, 1.165) is 31.5 Å². The second-order valence-corrected chi connectivity index (χ2v) is 18.6. The van der Waals surface area contributed by atoms with E-state index in [1.165, 1.54) is 23.8 Å². The smallest absolute Gasteiger partial charge is 0.328 e. The summed E-state index contributed by atoms with van der Waals surface area (Å²) in [6.07, 6.45) is 2.45. The van der Waals surface area contributed by atoms with E-state index in [2.05, 4.69) is 70.4 Å². The Labute approximate surface area is 410 Å². The number of nitrogens with two attached hydrogens (primary N) is 2. The van der Waals surface area contributed by atoms with Crippen LogP contribution in [0.2, 0.25) is 0 Å². The first-order chi connectivity index (χ1) is 33.1. The van der Waals surface area contributed by atoms with Gasteiger partial charge in [0, 0.05) is 42.9 Å². The molecule has 1 aliphatic rings. The van der Waals surface area contributed by atoms with Crippen LogP contribution in [0.25, 0.3) is 0 Å². The van der Waals surface area contributed by atoms with Gasteiger partial charge in [-0.1, -0.05) is 90.1 Å². The van der Waals surface area contributed by atoms with Crippen molar-refractivity contribution in [2.45, 2.75) is 90.6 Å². The molecule has 0 bridgehead atoms. The normalized spacial score (nSPS) is 15.3. The fourth-order valence-corrected chi connectivity index (χ4v) is 6.88. The van der Waals surface area contributed by atoms with Crippen LogP contribution in [0.1, 0.15) is 83.1 Å². The van der Waals surface area contributed by atoms with Gasteiger partial charge in [0.25, 0.3) is 0 Å². The number of nitrogen functional groups attached to an aromatic ring is 2. The molecule has 15 nitrogen and oxygen atoms in total. The molecule has 69 heavy (non-hydrogen) atoms. The number of benzene rings is 4. The minimum Gasteiger partial charge on any atom is -0.487 e. The van der Waals surface area contributed by atoms with E-state index < -0.39 is 12.0 Å². The van der Waals surface area contributed by atoms with Crippen molar-refractivity contribution in [1.29, 1.82) is 0 Å². The number of hydrogen-bond acceptors (Lipinski definition) is 14. The zero-order valence-corrected chi connectivity index (χ0v) is 42.0. The molecule has 1 heterocycles. The number of nitrogens with one attached hydrogen (secondary N) is 2. The zero-order valence-electron chi connectivity index (χ0n) is 42.0. The van der Waals surface area contributed by atoms with Gasteiger partial charge in [-0.3, -0.25) is 4.79 Å². The van der Waals surface area contributed by atoms with E-state index >= 15 is 0 Å². The highest BCUT2D eigenvalue weighted by atomic mass is 16.6. The molecule has 0 aromatic heterocycles. The van der Waals surface area contributed by atoms with Gasteiger partial charge in [-0.25, -0.2) is 4.79 Å². The van der Waals surface area contributed by atoms with Crippen molar-refractivity contribution in [3.8, 4) is 23.0 Å². The second kappa shape index (κ2) is 30.1. The SMILES string of the molecule is COC(=O)[C@H](Cc1ccccc1)NC(=O)CCCCNCc1cc(C(C)(C)C)cc(C(C)(C)C)c1.Nc1ccc2c(c1)OCCOCCOCCOc1cc(N)ccc1OCCOCCOCCO2. The molecular weight excluding hydrogens is 881 g/mol. The van der Waals surface area contributed by atoms with Gasteiger partial charge in [0.15, 0.2) is 23.0 Å². The quantitative estimate of drug-likeness (QED) is 0.0653. The van der Waals surface area contributed by atoms with Crippen molar-refractivity contribution in [1.82, 2.24) is 10.6 Å². The molecule has 6 N–H and O–H groups in total. The topological polar surface area (TPSA) is 193 Å². The summed E-state index contributed by atoms with van der Waals surface area (Å²) in [5.41, 5.74) is 18.1. The number of amides is 1. The number of fused-ring (bicyclic) bond motifs is 2. The molecule has 4 aromatic rings. The standard InChI is InChI=1S/C30H44N2O3.C24H34N2O8/c1-29(2,3)24-17-23(18-25(20-24)30(4,5)6)21-31-16-12-11-15-27(33)32-26(28(34)35-7)19-22-13-9-8-10-14-22;25-19-1-3-21-23(17-19)33-15-11-29-7-8-30-12-16-34-24-18-20(26)2-4-22(24)32-14-10-28-6-5-27-9-13-31-21/h8-10,13-14,17-18,20,26,31H,11-12,15-16,19,21H2,1-7H3,(H,32,33);1-4,17-18H,5-16,25-26H2/t26-;/m0./s1. The lowest BCUT2D eigenvalue weighted by atomic mass is 9.79. The number of hydrogen-bond donors (Lipinski definition) is 4. The minimum atomic E-state index is -0.667. The van der Waals surface area contributed by atoms with Gasteiger partial charge in [0.2, 0.25) is 5.91 Å². The molecule has 15 heteroatoms. The summed E-state index contributed by atoms with van der Waals surface area (Å²) in [7, 11) is 1.35. The van der Waals surface area contributed by atoms with Crippen LogP contribution in [-0.4, -0.2) is 111 Å². The molecule has 0 saturated carbocycles. The summed E-state index contributed by atoms with van der Waals surface area (Å²) in [5, 5.41) is 6.37. The number of anilines is 2. The van der Waals surface area contributed by atoms with E-state index in [0.29, 0.717) is 126 Å². The molecule has 0 unspecified atom stereocenters. The highest BCUT2D eigenvalue weighted by molar-refractivity contribution is 5.84. The second-order valence-electron chi connectivity index (χ2n) is 18.6. The van der Waals surface area contributed by atoms with E-state index in [1.807, 2.05) is 30.3 Å². The average Bonchev–Trinajstić information content (AvgIpc) is 3.31. The molecule has 0 aliphatic carbocycles. The Balaban J connectivity index is 0.000000301. The van der Waals surface area contributed by atoms with Crippen LogP contribution in [0.3, 0.4) is 0 Å². The van der Waals surface area contributed by atoms with Gasteiger partial charge in [-0.05, 0) is 76.7 Å². The molecule has 0 fully saturated rings. The van der Waals surface area contributed by atoms with Gasteiger partial charge < -0.3 is 64.7 Å². The number of methoxy groups -OCH3 is 1. The van der Waals surface area contributed by atoms with Gasteiger partial charge >= 0.3 is 5.97 Å². The predicted octanol–water partition coefficient (Wildman–Crippen LogP) is 7.59. The van der Waals surface area contributed by atoms with E-state index in [1.54, 1.807) is 36.4 Å².